The zero-order chi connectivity index (χ0) is 25.0. The van der Waals surface area contributed by atoms with Gasteiger partial charge in [-0.15, -0.1) is 0 Å². The number of hydrogen-bond donors (Lipinski definition) is 8. The molecule has 0 radical (unpaired) electrons. The second-order valence-electron chi connectivity index (χ2n) is 6.77. The number of carbonyl (C=O) groups is 6. The SMILES string of the molecule is CSCCC(NC(=O)C(N)CC(=O)O)C(=O)NC(CC(=O)O)C(=O)NC(C(=O)O)C(C)O. The highest BCUT2D eigenvalue weighted by molar-refractivity contribution is 7.98. The Labute approximate surface area is 187 Å². The summed E-state index contributed by atoms with van der Waals surface area (Å²) in [6, 6.07) is -6.19. The molecule has 0 bridgehead atoms. The lowest BCUT2D eigenvalue weighted by Crippen LogP contribution is -2.58. The number of rotatable bonds is 15. The van der Waals surface area contributed by atoms with Gasteiger partial charge in [0.2, 0.25) is 17.7 Å². The van der Waals surface area contributed by atoms with Gasteiger partial charge in [0.1, 0.15) is 12.1 Å². The molecule has 15 heteroatoms. The molecule has 0 heterocycles. The zero-order valence-electron chi connectivity index (χ0n) is 17.4. The lowest BCUT2D eigenvalue weighted by Gasteiger charge is -2.25. The summed E-state index contributed by atoms with van der Waals surface area (Å²) in [4.78, 5) is 70.1. The lowest BCUT2D eigenvalue weighted by atomic mass is 10.1. The molecule has 9 N–H and O–H groups in total. The van der Waals surface area contributed by atoms with E-state index in [-0.39, 0.29) is 6.42 Å². The van der Waals surface area contributed by atoms with Crippen LogP contribution in [0.2, 0.25) is 0 Å². The Hall–Kier alpha value is -2.91. The van der Waals surface area contributed by atoms with Gasteiger partial charge in [0.05, 0.1) is 25.0 Å². The molecule has 0 aliphatic carbocycles. The van der Waals surface area contributed by atoms with Gasteiger partial charge in [-0.25, -0.2) is 4.79 Å². The molecular weight excluding hydrogens is 452 g/mol. The van der Waals surface area contributed by atoms with Crippen LogP contribution in [0.15, 0.2) is 0 Å². The van der Waals surface area contributed by atoms with Crippen molar-refractivity contribution in [2.24, 2.45) is 5.73 Å². The standard InChI is InChI=1S/C17H28N4O10S/c1-7(22)13(17(30)31)21-16(29)10(6-12(25)26)20-15(28)9(3-4-32-2)19-14(27)8(18)5-11(23)24/h7-10,13,22H,3-6,18H2,1-2H3,(H,19,27)(H,20,28)(H,21,29)(H,23,24)(H,25,26)(H,30,31). The molecule has 0 aliphatic rings. The number of aliphatic hydroxyl groups is 1. The first-order valence-electron chi connectivity index (χ1n) is 9.30. The van der Waals surface area contributed by atoms with Crippen molar-refractivity contribution in [3.05, 3.63) is 0 Å². The summed E-state index contributed by atoms with van der Waals surface area (Å²) < 4.78 is 0. The minimum atomic E-state index is -1.75. The molecule has 0 aromatic carbocycles. The van der Waals surface area contributed by atoms with Crippen molar-refractivity contribution in [2.75, 3.05) is 12.0 Å². The quantitative estimate of drug-likeness (QED) is 0.116. The minimum absolute atomic E-state index is 0.0470. The maximum atomic E-state index is 12.6. The molecule has 14 nitrogen and oxygen atoms in total. The van der Waals surface area contributed by atoms with E-state index in [0.717, 1.165) is 6.92 Å². The fraction of sp³-hybridized carbons (Fsp3) is 0.647. The molecule has 0 aromatic heterocycles. The first kappa shape index (κ1) is 29.1. The van der Waals surface area contributed by atoms with Crippen LogP contribution in [0.1, 0.15) is 26.2 Å². The zero-order valence-corrected chi connectivity index (χ0v) is 18.3. The summed E-state index contributed by atoms with van der Waals surface area (Å²) in [7, 11) is 0. The number of carboxylic acid groups (broad SMARTS) is 3. The third-order valence-corrected chi connectivity index (χ3v) is 4.68. The highest BCUT2D eigenvalue weighted by atomic mass is 32.2. The van der Waals surface area contributed by atoms with Crippen LogP contribution in [0.4, 0.5) is 0 Å². The van der Waals surface area contributed by atoms with Crippen LogP contribution in [0, 0.1) is 0 Å². The predicted octanol–water partition coefficient (Wildman–Crippen LogP) is -3.06. The molecule has 182 valence electrons. The monoisotopic (exact) mass is 480 g/mol. The topological polar surface area (TPSA) is 245 Å². The number of aliphatic carboxylic acids is 3. The second kappa shape index (κ2) is 14.2. The number of amides is 3. The fourth-order valence-corrected chi connectivity index (χ4v) is 2.83. The molecule has 5 atom stereocenters. The normalized spacial score (nSPS) is 15.4. The number of carbonyl (C=O) groups excluding carboxylic acids is 3. The fourth-order valence-electron chi connectivity index (χ4n) is 2.36. The van der Waals surface area contributed by atoms with Crippen molar-refractivity contribution >= 4 is 47.4 Å². The molecule has 0 saturated heterocycles. The van der Waals surface area contributed by atoms with E-state index in [2.05, 4.69) is 10.6 Å². The van der Waals surface area contributed by atoms with Gasteiger partial charge in [0, 0.05) is 0 Å². The van der Waals surface area contributed by atoms with Gasteiger partial charge in [-0.05, 0) is 25.4 Å². The summed E-state index contributed by atoms with van der Waals surface area (Å²) in [5.74, 6) is -7.10. The smallest absolute Gasteiger partial charge is 0.328 e. The van der Waals surface area contributed by atoms with Crippen LogP contribution in [-0.2, 0) is 28.8 Å². The van der Waals surface area contributed by atoms with Gasteiger partial charge in [0.25, 0.3) is 0 Å². The van der Waals surface area contributed by atoms with Crippen LogP contribution in [0.25, 0.3) is 0 Å². The van der Waals surface area contributed by atoms with Crippen LogP contribution in [0.3, 0.4) is 0 Å². The number of carboxylic acids is 3. The Balaban J connectivity index is 5.48. The van der Waals surface area contributed by atoms with Gasteiger partial charge in [-0.3, -0.25) is 24.0 Å². The Morgan fingerprint density at radius 1 is 0.844 bits per heavy atom. The number of aliphatic hydroxyl groups excluding tert-OH is 1. The summed E-state index contributed by atoms with van der Waals surface area (Å²) in [5.41, 5.74) is 5.47. The van der Waals surface area contributed by atoms with Crippen LogP contribution in [-0.4, -0.2) is 98.3 Å². The van der Waals surface area contributed by atoms with Gasteiger partial charge in [0.15, 0.2) is 6.04 Å². The van der Waals surface area contributed by atoms with E-state index in [1.165, 1.54) is 11.8 Å². The van der Waals surface area contributed by atoms with E-state index in [1.54, 1.807) is 6.26 Å². The second-order valence-corrected chi connectivity index (χ2v) is 7.76. The molecule has 0 aliphatic heterocycles. The van der Waals surface area contributed by atoms with E-state index in [9.17, 15) is 33.9 Å². The van der Waals surface area contributed by atoms with Crippen molar-refractivity contribution in [1.29, 1.82) is 0 Å². The van der Waals surface area contributed by atoms with E-state index < -0.39 is 78.7 Å². The van der Waals surface area contributed by atoms with Gasteiger partial charge in [-0.2, -0.15) is 11.8 Å². The maximum Gasteiger partial charge on any atom is 0.328 e. The highest BCUT2D eigenvalue weighted by Gasteiger charge is 2.33. The Kier molecular flexibility index (Phi) is 12.9. The summed E-state index contributed by atoms with van der Waals surface area (Å²) in [6.07, 6.45) is -1.35. The Morgan fingerprint density at radius 2 is 1.34 bits per heavy atom. The van der Waals surface area contributed by atoms with E-state index >= 15 is 0 Å². The molecule has 0 saturated carbocycles. The molecule has 0 rings (SSSR count). The third kappa shape index (κ3) is 10.9. The first-order valence-corrected chi connectivity index (χ1v) is 10.7. The number of hydrogen-bond acceptors (Lipinski definition) is 9. The van der Waals surface area contributed by atoms with Crippen LogP contribution in [0.5, 0.6) is 0 Å². The van der Waals surface area contributed by atoms with Gasteiger partial charge < -0.3 is 42.1 Å². The van der Waals surface area contributed by atoms with Crippen molar-refractivity contribution in [2.45, 2.75) is 56.5 Å². The molecule has 5 unspecified atom stereocenters. The number of nitrogens with one attached hydrogen (secondary N) is 3. The summed E-state index contributed by atoms with van der Waals surface area (Å²) >= 11 is 1.32. The number of thioether (sulfide) groups is 1. The van der Waals surface area contributed by atoms with Crippen molar-refractivity contribution in [3.63, 3.8) is 0 Å². The Bertz CT molecular complexity index is 717. The molecular formula is C17H28N4O10S. The van der Waals surface area contributed by atoms with E-state index in [4.69, 9.17) is 21.1 Å². The van der Waals surface area contributed by atoms with Crippen LogP contribution < -0.4 is 21.7 Å². The van der Waals surface area contributed by atoms with Crippen molar-refractivity contribution < 1.29 is 49.2 Å². The molecule has 3 amide bonds. The molecule has 0 aromatic rings. The van der Waals surface area contributed by atoms with Crippen molar-refractivity contribution in [3.8, 4) is 0 Å². The minimum Gasteiger partial charge on any atom is -0.481 e. The maximum absolute atomic E-state index is 12.6. The third-order valence-electron chi connectivity index (χ3n) is 4.03. The summed E-state index contributed by atoms with van der Waals surface area (Å²) in [5, 5.41) is 42.6. The average molecular weight is 480 g/mol. The van der Waals surface area contributed by atoms with E-state index in [1.807, 2.05) is 5.32 Å². The largest absolute Gasteiger partial charge is 0.481 e. The average Bonchev–Trinajstić information content (AvgIpc) is 2.66. The predicted molar refractivity (Wildman–Crippen MR) is 111 cm³/mol. The highest BCUT2D eigenvalue weighted by Crippen LogP contribution is 2.05. The van der Waals surface area contributed by atoms with Crippen LogP contribution >= 0.6 is 11.8 Å². The lowest BCUT2D eigenvalue weighted by molar-refractivity contribution is -0.146. The number of nitrogens with two attached hydrogens (primary N) is 1. The van der Waals surface area contributed by atoms with E-state index in [0.29, 0.717) is 5.75 Å². The Morgan fingerprint density at radius 3 is 1.78 bits per heavy atom. The summed E-state index contributed by atoms with van der Waals surface area (Å²) in [6.45, 7) is 1.10. The molecule has 0 spiro atoms. The van der Waals surface area contributed by atoms with Crippen molar-refractivity contribution in [1.82, 2.24) is 16.0 Å². The molecule has 0 fully saturated rings. The molecule has 32 heavy (non-hydrogen) atoms. The first-order chi connectivity index (χ1) is 14.8. The van der Waals surface area contributed by atoms with Gasteiger partial charge in [-0.1, -0.05) is 0 Å². The van der Waals surface area contributed by atoms with Gasteiger partial charge >= 0.3 is 17.9 Å².